The van der Waals surface area contributed by atoms with E-state index >= 15 is 0 Å². The minimum absolute atomic E-state index is 0.0459. The van der Waals surface area contributed by atoms with Gasteiger partial charge in [0.05, 0.1) is 0 Å². The summed E-state index contributed by atoms with van der Waals surface area (Å²) in [7, 11) is 0.582. The van der Waals surface area contributed by atoms with Crippen LogP contribution in [0.25, 0.3) is 0 Å². The van der Waals surface area contributed by atoms with Crippen molar-refractivity contribution >= 4 is 27.1 Å². The van der Waals surface area contributed by atoms with Crippen molar-refractivity contribution < 1.29 is 4.74 Å². The van der Waals surface area contributed by atoms with Crippen molar-refractivity contribution in [3.05, 3.63) is 89.0 Å². The molecule has 0 amide bonds. The van der Waals surface area contributed by atoms with E-state index < -0.39 is 0 Å². The average Bonchev–Trinajstić information content (AvgIpc) is 2.74. The fourth-order valence-electron chi connectivity index (χ4n) is 3.82. The van der Waals surface area contributed by atoms with Gasteiger partial charge in [0.2, 0.25) is 0 Å². The average molecular weight is 437 g/mol. The van der Waals surface area contributed by atoms with Crippen molar-refractivity contribution in [2.24, 2.45) is 0 Å². The second kappa shape index (κ2) is 10.1. The number of aryl methyl sites for hydroxylation is 2. The molecule has 2 atom stereocenters. The van der Waals surface area contributed by atoms with Crippen LogP contribution in [0, 0.1) is 13.8 Å². The van der Waals surface area contributed by atoms with E-state index in [4.69, 9.17) is 4.74 Å². The minimum atomic E-state index is -0.135. The Balaban J connectivity index is 1.99. The SMILES string of the molecule is CCC(C)(Pc1c(C)cccc1P(C)C)c1cccc(C)c1OCc1ccccc1. The van der Waals surface area contributed by atoms with Gasteiger partial charge in [0.15, 0.2) is 0 Å². The molecule has 0 spiro atoms. The summed E-state index contributed by atoms with van der Waals surface area (Å²) >= 11 is 0. The van der Waals surface area contributed by atoms with Gasteiger partial charge < -0.3 is 4.74 Å². The first-order valence-electron chi connectivity index (χ1n) is 10.7. The van der Waals surface area contributed by atoms with Crippen molar-refractivity contribution in [1.29, 1.82) is 0 Å². The summed E-state index contributed by atoms with van der Waals surface area (Å²) in [6.45, 7) is 14.5. The lowest BCUT2D eigenvalue weighted by Crippen LogP contribution is -2.28. The first-order chi connectivity index (χ1) is 14.4. The molecule has 0 saturated heterocycles. The maximum absolute atomic E-state index is 6.46. The van der Waals surface area contributed by atoms with Crippen molar-refractivity contribution in [3.8, 4) is 5.75 Å². The second-order valence-electron chi connectivity index (χ2n) is 8.40. The lowest BCUT2D eigenvalue weighted by atomic mass is 9.94. The van der Waals surface area contributed by atoms with Gasteiger partial charge in [0.25, 0.3) is 0 Å². The van der Waals surface area contributed by atoms with Crippen molar-refractivity contribution in [2.45, 2.75) is 45.9 Å². The fraction of sp³-hybridized carbons (Fsp3) is 0.333. The van der Waals surface area contributed by atoms with Gasteiger partial charge in [-0.3, -0.25) is 0 Å². The highest BCUT2D eigenvalue weighted by molar-refractivity contribution is 7.66. The molecule has 30 heavy (non-hydrogen) atoms. The number of hydrogen-bond donors (Lipinski definition) is 0. The van der Waals surface area contributed by atoms with Gasteiger partial charge in [-0.15, -0.1) is 0 Å². The molecule has 0 aromatic heterocycles. The lowest BCUT2D eigenvalue weighted by molar-refractivity contribution is 0.297. The van der Waals surface area contributed by atoms with Crippen LogP contribution in [-0.2, 0) is 11.8 Å². The third kappa shape index (κ3) is 5.14. The largest absolute Gasteiger partial charge is 0.488 e. The van der Waals surface area contributed by atoms with E-state index in [2.05, 4.69) is 102 Å². The zero-order valence-corrected chi connectivity index (χ0v) is 21.0. The highest BCUT2D eigenvalue weighted by Gasteiger charge is 2.31. The van der Waals surface area contributed by atoms with Crippen LogP contribution in [-0.4, -0.2) is 13.3 Å². The Morgan fingerprint density at radius 3 is 2.20 bits per heavy atom. The summed E-state index contributed by atoms with van der Waals surface area (Å²) in [5, 5.41) is 3.14. The molecule has 3 rings (SSSR count). The topological polar surface area (TPSA) is 9.23 Å². The van der Waals surface area contributed by atoms with E-state index in [9.17, 15) is 0 Å². The van der Waals surface area contributed by atoms with Crippen LogP contribution in [0.3, 0.4) is 0 Å². The van der Waals surface area contributed by atoms with E-state index in [0.29, 0.717) is 15.2 Å². The molecule has 3 aromatic carbocycles. The van der Waals surface area contributed by atoms with Gasteiger partial charge in [-0.1, -0.05) is 97.1 Å². The highest BCUT2D eigenvalue weighted by Crippen LogP contribution is 2.49. The van der Waals surface area contributed by atoms with Gasteiger partial charge in [-0.2, -0.15) is 0 Å². The summed E-state index contributed by atoms with van der Waals surface area (Å²) in [6.07, 6.45) is 1.08. The van der Waals surface area contributed by atoms with Crippen molar-refractivity contribution in [3.63, 3.8) is 0 Å². The zero-order valence-electron chi connectivity index (χ0n) is 19.1. The number of ether oxygens (including phenoxy) is 1. The molecule has 0 aliphatic carbocycles. The van der Waals surface area contributed by atoms with E-state index in [1.165, 1.54) is 22.3 Å². The Kier molecular flexibility index (Phi) is 7.73. The van der Waals surface area contributed by atoms with Gasteiger partial charge in [-0.05, 0) is 60.9 Å². The van der Waals surface area contributed by atoms with Crippen LogP contribution in [0.5, 0.6) is 5.75 Å². The molecule has 3 aromatic rings. The molecule has 0 aliphatic heterocycles. The third-order valence-corrected chi connectivity index (χ3v) is 9.51. The summed E-state index contributed by atoms with van der Waals surface area (Å²) in [5.41, 5.74) is 5.17. The molecule has 3 heteroatoms. The number of benzene rings is 3. The van der Waals surface area contributed by atoms with Crippen LogP contribution < -0.4 is 15.3 Å². The van der Waals surface area contributed by atoms with Crippen LogP contribution >= 0.6 is 16.5 Å². The van der Waals surface area contributed by atoms with E-state index in [-0.39, 0.29) is 13.1 Å². The maximum Gasteiger partial charge on any atom is 0.126 e. The summed E-state index contributed by atoms with van der Waals surface area (Å²) < 4.78 is 6.46. The Morgan fingerprint density at radius 1 is 0.867 bits per heavy atom. The number of para-hydroxylation sites is 1. The van der Waals surface area contributed by atoms with Gasteiger partial charge in [0.1, 0.15) is 12.4 Å². The Bertz CT molecular complexity index is 981. The Labute approximate surface area is 185 Å². The first-order valence-corrected chi connectivity index (χ1v) is 13.9. The second-order valence-corrected chi connectivity index (χ2v) is 12.5. The zero-order chi connectivity index (χ0) is 21.7. The quantitative estimate of drug-likeness (QED) is 0.350. The predicted molar refractivity (Wildman–Crippen MR) is 137 cm³/mol. The normalized spacial score (nSPS) is 13.7. The summed E-state index contributed by atoms with van der Waals surface area (Å²) in [4.78, 5) is 0. The smallest absolute Gasteiger partial charge is 0.126 e. The van der Waals surface area contributed by atoms with Gasteiger partial charge >= 0.3 is 0 Å². The summed E-state index contributed by atoms with van der Waals surface area (Å²) in [6, 6.07) is 23.9. The molecule has 0 saturated carbocycles. The molecular weight excluding hydrogens is 402 g/mol. The molecule has 1 nitrogen and oxygen atoms in total. The maximum atomic E-state index is 6.46. The Morgan fingerprint density at radius 2 is 1.53 bits per heavy atom. The molecule has 0 fully saturated rings. The van der Waals surface area contributed by atoms with E-state index in [0.717, 1.165) is 12.2 Å². The molecule has 0 bridgehead atoms. The predicted octanol–water partition coefficient (Wildman–Crippen LogP) is 6.88. The van der Waals surface area contributed by atoms with Crippen molar-refractivity contribution in [2.75, 3.05) is 13.3 Å². The molecular formula is C27H34OP2. The van der Waals surface area contributed by atoms with Crippen LogP contribution in [0.15, 0.2) is 66.7 Å². The monoisotopic (exact) mass is 436 g/mol. The lowest BCUT2D eigenvalue weighted by Gasteiger charge is -2.33. The minimum Gasteiger partial charge on any atom is -0.488 e. The van der Waals surface area contributed by atoms with Crippen LogP contribution in [0.4, 0.5) is 0 Å². The molecule has 0 heterocycles. The number of rotatable bonds is 8. The standard InChI is InChI=1S/C27H34OP2/c1-7-27(4,29-26-21(3)14-12-18-24(26)30(5)6)23-17-11-13-20(2)25(23)28-19-22-15-9-8-10-16-22/h8-18,29H,7,19H2,1-6H3. The molecule has 0 N–H and O–H groups in total. The van der Waals surface area contributed by atoms with Crippen LogP contribution in [0.1, 0.15) is 42.5 Å². The van der Waals surface area contributed by atoms with Gasteiger partial charge in [0, 0.05) is 10.7 Å². The van der Waals surface area contributed by atoms with E-state index in [1.54, 1.807) is 10.6 Å². The molecule has 0 radical (unpaired) electrons. The highest BCUT2D eigenvalue weighted by atomic mass is 31.1. The van der Waals surface area contributed by atoms with E-state index in [1.807, 2.05) is 6.07 Å². The molecule has 2 unspecified atom stereocenters. The first kappa shape index (κ1) is 23.0. The van der Waals surface area contributed by atoms with Crippen molar-refractivity contribution in [1.82, 2.24) is 0 Å². The summed E-state index contributed by atoms with van der Waals surface area (Å²) in [5.74, 6) is 1.06. The molecule has 158 valence electrons. The van der Waals surface area contributed by atoms with Crippen LogP contribution in [0.2, 0.25) is 0 Å². The molecule has 0 aliphatic rings. The Hall–Kier alpha value is -1.68. The third-order valence-electron chi connectivity index (χ3n) is 5.87. The fourth-order valence-corrected chi connectivity index (χ4v) is 7.22. The van der Waals surface area contributed by atoms with Gasteiger partial charge in [-0.25, -0.2) is 0 Å². The number of hydrogen-bond acceptors (Lipinski definition) is 1.